The van der Waals surface area contributed by atoms with Gasteiger partial charge in [0.2, 0.25) is 0 Å². The van der Waals surface area contributed by atoms with Crippen LogP contribution in [0.3, 0.4) is 0 Å². The van der Waals surface area contributed by atoms with Crippen molar-refractivity contribution in [2.45, 2.75) is 6.18 Å². The minimum Gasteiger partial charge on any atom is -0.166 e. The first kappa shape index (κ1) is 10.3. The second-order valence-electron chi connectivity index (χ2n) is 2.41. The molecule has 0 unspecified atom stereocenters. The average Bonchev–Trinajstić information content (AvgIpc) is 2.02. The van der Waals surface area contributed by atoms with Crippen LogP contribution in [-0.4, -0.2) is 0 Å². The van der Waals surface area contributed by atoms with Crippen LogP contribution in [-0.2, 0) is 6.18 Å². The Kier molecular flexibility index (Phi) is 2.81. The Balaban J connectivity index is 3.32. The van der Waals surface area contributed by atoms with Gasteiger partial charge in [-0.2, -0.15) is 13.2 Å². The molecule has 0 aromatic heterocycles. The molecule has 0 aliphatic carbocycles. The van der Waals surface area contributed by atoms with Crippen molar-refractivity contribution >= 4 is 22.0 Å². The predicted molar refractivity (Wildman–Crippen MR) is 49.2 cm³/mol. The van der Waals surface area contributed by atoms with E-state index < -0.39 is 11.7 Å². The van der Waals surface area contributed by atoms with E-state index in [0.717, 1.165) is 6.07 Å². The van der Waals surface area contributed by atoms with Crippen molar-refractivity contribution in [3.8, 4) is 0 Å². The van der Waals surface area contributed by atoms with Crippen LogP contribution in [0.1, 0.15) is 11.1 Å². The summed E-state index contributed by atoms with van der Waals surface area (Å²) in [7, 11) is 0. The first-order valence-corrected chi connectivity index (χ1v) is 4.24. The van der Waals surface area contributed by atoms with Crippen LogP contribution >= 0.6 is 15.9 Å². The zero-order chi connectivity index (χ0) is 10.1. The van der Waals surface area contributed by atoms with Crippen LogP contribution < -0.4 is 0 Å². The molecule has 0 heterocycles. The van der Waals surface area contributed by atoms with Crippen LogP contribution in [0.4, 0.5) is 13.2 Å². The summed E-state index contributed by atoms with van der Waals surface area (Å²) in [6, 6.07) is 3.94. The molecule has 0 nitrogen and oxygen atoms in total. The molecular formula is C9H6BrF3. The maximum atomic E-state index is 12.3. The summed E-state index contributed by atoms with van der Waals surface area (Å²) in [5.74, 6) is 0. The zero-order valence-electron chi connectivity index (χ0n) is 6.53. The van der Waals surface area contributed by atoms with Crippen LogP contribution in [0.5, 0.6) is 0 Å². The Hall–Kier alpha value is -0.770. The van der Waals surface area contributed by atoms with Crippen molar-refractivity contribution < 1.29 is 13.2 Å². The van der Waals surface area contributed by atoms with Crippen molar-refractivity contribution in [2.24, 2.45) is 0 Å². The van der Waals surface area contributed by atoms with E-state index in [-0.39, 0.29) is 4.47 Å². The second kappa shape index (κ2) is 3.54. The van der Waals surface area contributed by atoms with E-state index in [1.807, 2.05) is 0 Å². The average molecular weight is 251 g/mol. The predicted octanol–water partition coefficient (Wildman–Crippen LogP) is 4.11. The molecule has 0 aliphatic rings. The van der Waals surface area contributed by atoms with E-state index in [0.29, 0.717) is 5.56 Å². The monoisotopic (exact) mass is 250 g/mol. The zero-order valence-corrected chi connectivity index (χ0v) is 8.11. The van der Waals surface area contributed by atoms with Gasteiger partial charge in [-0.1, -0.05) is 24.8 Å². The van der Waals surface area contributed by atoms with E-state index in [1.54, 1.807) is 6.07 Å². The first-order valence-electron chi connectivity index (χ1n) is 3.45. The van der Waals surface area contributed by atoms with Crippen molar-refractivity contribution in [3.63, 3.8) is 0 Å². The van der Waals surface area contributed by atoms with E-state index >= 15 is 0 Å². The van der Waals surface area contributed by atoms with E-state index in [1.165, 1.54) is 12.1 Å². The van der Waals surface area contributed by atoms with Gasteiger partial charge in [0.15, 0.2) is 0 Å². The third-order valence-corrected chi connectivity index (χ3v) is 2.44. The fourth-order valence-corrected chi connectivity index (χ4v) is 1.58. The van der Waals surface area contributed by atoms with Crippen molar-refractivity contribution in [1.82, 2.24) is 0 Å². The smallest absolute Gasteiger partial charge is 0.166 e. The van der Waals surface area contributed by atoms with Gasteiger partial charge >= 0.3 is 6.18 Å². The molecule has 0 saturated carbocycles. The second-order valence-corrected chi connectivity index (χ2v) is 3.20. The third-order valence-electron chi connectivity index (χ3n) is 1.55. The van der Waals surface area contributed by atoms with Crippen molar-refractivity contribution in [1.29, 1.82) is 0 Å². The topological polar surface area (TPSA) is 0 Å². The highest BCUT2D eigenvalue weighted by molar-refractivity contribution is 9.10. The molecule has 0 amide bonds. The molecule has 0 N–H and O–H groups in total. The number of alkyl halides is 3. The maximum absolute atomic E-state index is 12.3. The first-order chi connectivity index (χ1) is 5.96. The van der Waals surface area contributed by atoms with Gasteiger partial charge in [0.25, 0.3) is 0 Å². The quantitative estimate of drug-likeness (QED) is 0.704. The highest BCUT2D eigenvalue weighted by atomic mass is 79.9. The summed E-state index contributed by atoms with van der Waals surface area (Å²) in [6.07, 6.45) is -2.95. The van der Waals surface area contributed by atoms with Crippen LogP contribution in [0.2, 0.25) is 0 Å². The summed E-state index contributed by atoms with van der Waals surface area (Å²) in [5, 5.41) is 0. The Morgan fingerprint density at radius 1 is 1.31 bits per heavy atom. The Morgan fingerprint density at radius 3 is 2.38 bits per heavy atom. The summed E-state index contributed by atoms with van der Waals surface area (Å²) in [4.78, 5) is 0. The number of hydrogen-bond donors (Lipinski definition) is 0. The number of hydrogen-bond acceptors (Lipinski definition) is 0. The molecule has 0 radical (unpaired) electrons. The third kappa shape index (κ3) is 2.12. The van der Waals surface area contributed by atoms with E-state index in [9.17, 15) is 13.2 Å². The van der Waals surface area contributed by atoms with Gasteiger partial charge in [-0.15, -0.1) is 0 Å². The van der Waals surface area contributed by atoms with Crippen molar-refractivity contribution in [2.75, 3.05) is 0 Å². The Bertz CT molecular complexity index is 328. The van der Waals surface area contributed by atoms with Gasteiger partial charge in [0.05, 0.1) is 5.56 Å². The molecule has 0 fully saturated rings. The summed E-state index contributed by atoms with van der Waals surface area (Å²) in [5.41, 5.74) is -0.236. The number of halogens is 4. The fourth-order valence-electron chi connectivity index (χ4n) is 0.926. The SMILES string of the molecule is C=Cc1cccc(C(F)(F)F)c1Br. The number of benzene rings is 1. The lowest BCUT2D eigenvalue weighted by Crippen LogP contribution is -2.06. The molecular weight excluding hydrogens is 245 g/mol. The normalized spacial score (nSPS) is 11.4. The Labute approximate surface area is 82.2 Å². The molecule has 0 aliphatic heterocycles. The van der Waals surface area contributed by atoms with Crippen molar-refractivity contribution in [3.05, 3.63) is 40.4 Å². The number of rotatable bonds is 1. The van der Waals surface area contributed by atoms with Gasteiger partial charge < -0.3 is 0 Å². The Morgan fingerprint density at radius 2 is 1.92 bits per heavy atom. The lowest BCUT2D eigenvalue weighted by Gasteiger charge is -2.10. The minimum absolute atomic E-state index is 0.0394. The van der Waals surface area contributed by atoms with Crippen LogP contribution in [0.15, 0.2) is 29.3 Å². The molecule has 4 heteroatoms. The lowest BCUT2D eigenvalue weighted by molar-refractivity contribution is -0.138. The highest BCUT2D eigenvalue weighted by Gasteiger charge is 2.33. The largest absolute Gasteiger partial charge is 0.417 e. The van der Waals surface area contributed by atoms with E-state index in [4.69, 9.17) is 0 Å². The summed E-state index contributed by atoms with van der Waals surface area (Å²) >= 11 is 2.89. The molecule has 0 saturated heterocycles. The molecule has 70 valence electrons. The van der Waals surface area contributed by atoms with E-state index in [2.05, 4.69) is 22.5 Å². The van der Waals surface area contributed by atoms with Gasteiger partial charge in [-0.05, 0) is 27.6 Å². The van der Waals surface area contributed by atoms with Gasteiger partial charge in [-0.25, -0.2) is 0 Å². The fraction of sp³-hybridized carbons (Fsp3) is 0.111. The molecule has 0 spiro atoms. The standard InChI is InChI=1S/C9H6BrF3/c1-2-6-4-3-5-7(8(6)10)9(11,12)13/h2-5H,1H2. The minimum atomic E-state index is -4.32. The van der Waals surface area contributed by atoms with Gasteiger partial charge in [-0.3, -0.25) is 0 Å². The lowest BCUT2D eigenvalue weighted by atomic mass is 10.1. The molecule has 0 atom stereocenters. The summed E-state index contributed by atoms with van der Waals surface area (Å²) < 4.78 is 36.9. The molecule has 1 rings (SSSR count). The molecule has 1 aromatic carbocycles. The molecule has 0 bridgehead atoms. The van der Waals surface area contributed by atoms with Gasteiger partial charge in [0.1, 0.15) is 0 Å². The molecule has 1 aromatic rings. The summed E-state index contributed by atoms with van der Waals surface area (Å²) in [6.45, 7) is 3.42. The van der Waals surface area contributed by atoms with Crippen LogP contribution in [0, 0.1) is 0 Å². The maximum Gasteiger partial charge on any atom is 0.417 e. The van der Waals surface area contributed by atoms with Crippen LogP contribution in [0.25, 0.3) is 6.08 Å². The highest BCUT2D eigenvalue weighted by Crippen LogP contribution is 2.36. The molecule has 13 heavy (non-hydrogen) atoms. The van der Waals surface area contributed by atoms with Gasteiger partial charge in [0, 0.05) is 4.47 Å².